The lowest BCUT2D eigenvalue weighted by Crippen LogP contribution is -3.12. The number of nitrogens with zero attached hydrogens (tertiary/aromatic N) is 3. The maximum atomic E-state index is 12.5. The zero-order valence-corrected chi connectivity index (χ0v) is 15.6. The fourth-order valence-corrected chi connectivity index (χ4v) is 3.89. The summed E-state index contributed by atoms with van der Waals surface area (Å²) < 4.78 is 5.32. The van der Waals surface area contributed by atoms with Crippen LogP contribution in [0.2, 0.25) is 0 Å². The van der Waals surface area contributed by atoms with E-state index in [0.717, 1.165) is 37.0 Å². The number of amidine groups is 1. The third kappa shape index (κ3) is 5.45. The van der Waals surface area contributed by atoms with Crippen molar-refractivity contribution < 1.29 is 14.4 Å². The minimum Gasteiger partial charge on any atom is -0.378 e. The van der Waals surface area contributed by atoms with Gasteiger partial charge in [0.25, 0.3) is 0 Å². The molecular formula is C18H27N4O2S+. The van der Waals surface area contributed by atoms with Gasteiger partial charge in [0.05, 0.1) is 57.9 Å². The van der Waals surface area contributed by atoms with Crippen molar-refractivity contribution in [1.29, 1.82) is 0 Å². The highest BCUT2D eigenvalue weighted by atomic mass is 32.2. The van der Waals surface area contributed by atoms with Crippen LogP contribution < -0.4 is 4.90 Å². The molecule has 2 saturated heterocycles. The number of rotatable bonds is 3. The van der Waals surface area contributed by atoms with E-state index in [2.05, 4.69) is 11.9 Å². The lowest BCUT2D eigenvalue weighted by Gasteiger charge is -2.32. The molecule has 0 saturated carbocycles. The molecule has 3 rings (SSSR count). The fourth-order valence-electron chi connectivity index (χ4n) is 2.92. The largest absolute Gasteiger partial charge is 0.378 e. The molecule has 1 N–H and O–H groups in total. The van der Waals surface area contributed by atoms with Gasteiger partial charge >= 0.3 is 0 Å². The molecule has 0 atom stereocenters. The number of nitrogens with one attached hydrogen (secondary N) is 1. The molecule has 7 heteroatoms. The van der Waals surface area contributed by atoms with Gasteiger partial charge in [-0.05, 0) is 12.1 Å². The number of ether oxygens (including phenoxy) is 1. The van der Waals surface area contributed by atoms with Crippen LogP contribution in [-0.4, -0.2) is 86.2 Å². The lowest BCUT2D eigenvalue weighted by atomic mass is 10.3. The molecule has 0 aliphatic carbocycles. The average Bonchev–Trinajstić information content (AvgIpc) is 2.67. The molecule has 2 heterocycles. The van der Waals surface area contributed by atoms with Crippen LogP contribution >= 0.6 is 11.8 Å². The van der Waals surface area contributed by atoms with Crippen molar-refractivity contribution in [2.24, 2.45) is 4.99 Å². The Kier molecular flexibility index (Phi) is 6.72. The second-order valence-electron chi connectivity index (χ2n) is 6.46. The Morgan fingerprint density at radius 3 is 2.48 bits per heavy atom. The zero-order valence-electron chi connectivity index (χ0n) is 14.8. The molecule has 1 aromatic carbocycles. The van der Waals surface area contributed by atoms with Gasteiger partial charge in [-0.1, -0.05) is 30.0 Å². The molecule has 2 fully saturated rings. The smallest absolute Gasteiger partial charge is 0.233 e. The summed E-state index contributed by atoms with van der Waals surface area (Å²) >= 11 is 1.56. The Bertz CT molecular complexity index is 582. The zero-order chi connectivity index (χ0) is 17.5. The predicted octanol–water partition coefficient (Wildman–Crippen LogP) is 0.0964. The van der Waals surface area contributed by atoms with E-state index in [0.29, 0.717) is 32.1 Å². The van der Waals surface area contributed by atoms with Crippen molar-refractivity contribution in [3.63, 3.8) is 0 Å². The van der Waals surface area contributed by atoms with E-state index in [1.54, 1.807) is 16.7 Å². The number of carbonyl (C=O) groups is 1. The van der Waals surface area contributed by atoms with Gasteiger partial charge in [0.2, 0.25) is 5.91 Å². The van der Waals surface area contributed by atoms with Crippen LogP contribution in [0.1, 0.15) is 0 Å². The van der Waals surface area contributed by atoms with Crippen molar-refractivity contribution in [2.45, 2.75) is 0 Å². The summed E-state index contributed by atoms with van der Waals surface area (Å²) in [5.41, 5.74) is 0.940. The van der Waals surface area contributed by atoms with E-state index in [-0.39, 0.29) is 5.91 Å². The number of likely N-dealkylation sites (N-methyl/N-ethyl adjacent to an activating group) is 1. The number of hydrogen-bond acceptors (Lipinski definition) is 4. The standard InChI is InChI=1S/C18H26N4O2S/c1-20-7-9-22(10-8-20)18(19-16-5-3-2-4-6-16)25-15-17(23)21-11-13-24-14-12-21/h2-6H,7-15H2,1H3/p+1. The highest BCUT2D eigenvalue weighted by molar-refractivity contribution is 8.14. The maximum absolute atomic E-state index is 12.5. The Labute approximate surface area is 153 Å². The molecular weight excluding hydrogens is 336 g/mol. The van der Waals surface area contributed by atoms with E-state index in [1.165, 1.54) is 0 Å². The molecule has 6 nitrogen and oxygen atoms in total. The van der Waals surface area contributed by atoms with Gasteiger partial charge in [-0.25, -0.2) is 4.99 Å². The van der Waals surface area contributed by atoms with Gasteiger partial charge in [0.15, 0.2) is 5.17 Å². The molecule has 0 unspecified atom stereocenters. The summed E-state index contributed by atoms with van der Waals surface area (Å²) in [6, 6.07) is 9.99. The molecule has 1 amide bonds. The molecule has 2 aliphatic heterocycles. The minimum atomic E-state index is 0.175. The van der Waals surface area contributed by atoms with Gasteiger partial charge in [0.1, 0.15) is 0 Å². The summed E-state index contributed by atoms with van der Waals surface area (Å²) in [5, 5.41) is 0.959. The van der Waals surface area contributed by atoms with E-state index in [4.69, 9.17) is 9.73 Å². The maximum Gasteiger partial charge on any atom is 0.233 e. The van der Waals surface area contributed by atoms with Gasteiger partial charge in [-0.2, -0.15) is 0 Å². The first-order valence-electron chi connectivity index (χ1n) is 8.90. The second-order valence-corrected chi connectivity index (χ2v) is 7.40. The van der Waals surface area contributed by atoms with Crippen molar-refractivity contribution >= 4 is 28.5 Å². The van der Waals surface area contributed by atoms with Crippen LogP contribution in [-0.2, 0) is 9.53 Å². The first kappa shape index (κ1) is 18.2. The van der Waals surface area contributed by atoms with Gasteiger partial charge in [-0.3, -0.25) is 4.79 Å². The van der Waals surface area contributed by atoms with Crippen molar-refractivity contribution in [2.75, 3.05) is 65.3 Å². The molecule has 0 spiro atoms. The van der Waals surface area contributed by atoms with Crippen LogP contribution in [0.5, 0.6) is 0 Å². The number of quaternary nitrogens is 1. The number of aliphatic imine (C=N–C) groups is 1. The van der Waals surface area contributed by atoms with Crippen LogP contribution in [0, 0.1) is 0 Å². The number of morpholine rings is 1. The summed E-state index contributed by atoms with van der Waals surface area (Å²) in [5.74, 6) is 0.610. The van der Waals surface area contributed by atoms with E-state index in [9.17, 15) is 4.79 Å². The molecule has 0 aromatic heterocycles. The number of para-hydroxylation sites is 1. The van der Waals surface area contributed by atoms with Crippen LogP contribution in [0.25, 0.3) is 0 Å². The first-order chi connectivity index (χ1) is 12.2. The van der Waals surface area contributed by atoms with Crippen LogP contribution in [0.15, 0.2) is 35.3 Å². The topological polar surface area (TPSA) is 49.6 Å². The SMILES string of the molecule is C[NH+]1CCN(C(=Nc2ccccc2)SCC(=O)N2CCOCC2)CC1. The van der Waals surface area contributed by atoms with Gasteiger partial charge in [-0.15, -0.1) is 0 Å². The number of piperazine rings is 1. The minimum absolute atomic E-state index is 0.175. The Morgan fingerprint density at radius 2 is 1.80 bits per heavy atom. The van der Waals surface area contributed by atoms with Crippen molar-refractivity contribution in [3.8, 4) is 0 Å². The van der Waals surface area contributed by atoms with Crippen LogP contribution in [0.4, 0.5) is 5.69 Å². The van der Waals surface area contributed by atoms with Crippen molar-refractivity contribution in [1.82, 2.24) is 9.80 Å². The lowest BCUT2D eigenvalue weighted by molar-refractivity contribution is -0.883. The highest BCUT2D eigenvalue weighted by Crippen LogP contribution is 2.18. The second kappa shape index (κ2) is 9.22. The highest BCUT2D eigenvalue weighted by Gasteiger charge is 2.23. The summed E-state index contributed by atoms with van der Waals surface area (Å²) in [4.78, 5) is 23.0. The van der Waals surface area contributed by atoms with E-state index in [1.807, 2.05) is 35.2 Å². The third-order valence-electron chi connectivity index (χ3n) is 4.56. The Morgan fingerprint density at radius 1 is 1.12 bits per heavy atom. The molecule has 136 valence electrons. The van der Waals surface area contributed by atoms with Gasteiger partial charge in [0, 0.05) is 13.1 Å². The van der Waals surface area contributed by atoms with Crippen LogP contribution in [0.3, 0.4) is 0 Å². The molecule has 1 aromatic rings. The fraction of sp³-hybridized carbons (Fsp3) is 0.556. The number of amides is 1. The van der Waals surface area contributed by atoms with E-state index >= 15 is 0 Å². The molecule has 0 radical (unpaired) electrons. The summed E-state index contributed by atoms with van der Waals surface area (Å²) in [7, 11) is 2.22. The van der Waals surface area contributed by atoms with Gasteiger partial charge < -0.3 is 19.4 Å². The molecule has 2 aliphatic rings. The van der Waals surface area contributed by atoms with E-state index < -0.39 is 0 Å². The number of thioether (sulfide) groups is 1. The number of carbonyl (C=O) groups excluding carboxylic acids is 1. The summed E-state index contributed by atoms with van der Waals surface area (Å²) in [6.07, 6.45) is 0. The Balaban J connectivity index is 1.65. The summed E-state index contributed by atoms with van der Waals surface area (Å²) in [6.45, 7) is 6.85. The molecule has 0 bridgehead atoms. The monoisotopic (exact) mass is 363 g/mol. The predicted molar refractivity (Wildman–Crippen MR) is 102 cm³/mol. The Hall–Kier alpha value is -1.57. The average molecular weight is 364 g/mol. The first-order valence-corrected chi connectivity index (χ1v) is 9.89. The quantitative estimate of drug-likeness (QED) is 0.611. The van der Waals surface area contributed by atoms with Crippen molar-refractivity contribution in [3.05, 3.63) is 30.3 Å². The number of hydrogen-bond donors (Lipinski definition) is 1. The third-order valence-corrected chi connectivity index (χ3v) is 5.56. The molecule has 25 heavy (non-hydrogen) atoms. The normalized spacial score (nSPS) is 20.0. The number of benzene rings is 1.